The predicted octanol–water partition coefficient (Wildman–Crippen LogP) is 6.10. The van der Waals surface area contributed by atoms with E-state index in [0.29, 0.717) is 16.1 Å². The molecule has 34 heavy (non-hydrogen) atoms. The predicted molar refractivity (Wildman–Crippen MR) is 140 cm³/mol. The van der Waals surface area contributed by atoms with Gasteiger partial charge in [0, 0.05) is 16.0 Å². The first kappa shape index (κ1) is 26.4. The topological polar surface area (TPSA) is 66.5 Å². The van der Waals surface area contributed by atoms with Crippen LogP contribution in [0, 0.1) is 20.8 Å². The van der Waals surface area contributed by atoms with Crippen LogP contribution < -0.4 is 5.32 Å². The number of nitrogens with one attached hydrogen (secondary N) is 1. The number of halogens is 2. The first-order valence-corrected chi connectivity index (χ1v) is 13.5. The summed E-state index contributed by atoms with van der Waals surface area (Å²) in [6, 6.07) is 18.0. The molecule has 0 bridgehead atoms. The highest BCUT2D eigenvalue weighted by Gasteiger charge is 2.30. The summed E-state index contributed by atoms with van der Waals surface area (Å²) in [5, 5.41) is 3.48. The molecule has 3 aromatic rings. The lowest BCUT2D eigenvalue weighted by atomic mass is 10.1. The van der Waals surface area contributed by atoms with E-state index in [1.165, 1.54) is 4.31 Å². The van der Waals surface area contributed by atoms with Crippen LogP contribution in [-0.4, -0.2) is 25.2 Å². The average molecular weight is 564 g/mol. The minimum atomic E-state index is -3.96. The Hall–Kier alpha value is -2.19. The molecule has 1 atom stereocenters. The molecule has 3 rings (SSSR count). The third-order valence-corrected chi connectivity index (χ3v) is 8.42. The lowest BCUT2D eigenvalue weighted by molar-refractivity contribution is -0.122. The fraction of sp³-hybridized carbons (Fsp3) is 0.269. The normalized spacial score (nSPS) is 12.6. The number of rotatable bonds is 8. The van der Waals surface area contributed by atoms with Gasteiger partial charge in [-0.1, -0.05) is 69.5 Å². The molecule has 0 fully saturated rings. The number of sulfonamides is 1. The number of hydrogen-bond acceptors (Lipinski definition) is 3. The number of amides is 1. The second-order valence-electron chi connectivity index (χ2n) is 8.47. The molecule has 5 nitrogen and oxygen atoms in total. The van der Waals surface area contributed by atoms with E-state index in [1.807, 2.05) is 50.2 Å². The molecule has 180 valence electrons. The van der Waals surface area contributed by atoms with Gasteiger partial charge >= 0.3 is 0 Å². The van der Waals surface area contributed by atoms with E-state index >= 15 is 0 Å². The molecule has 0 radical (unpaired) electrons. The zero-order valence-corrected chi connectivity index (χ0v) is 22.8. The molecular formula is C26H28BrClN2O3S. The van der Waals surface area contributed by atoms with Crippen molar-refractivity contribution in [1.29, 1.82) is 0 Å². The van der Waals surface area contributed by atoms with Crippen LogP contribution >= 0.6 is 27.5 Å². The van der Waals surface area contributed by atoms with Crippen molar-refractivity contribution in [1.82, 2.24) is 9.62 Å². The number of carbonyl (C=O) groups is 1. The van der Waals surface area contributed by atoms with E-state index in [2.05, 4.69) is 21.2 Å². The molecule has 0 aromatic heterocycles. The molecule has 0 heterocycles. The van der Waals surface area contributed by atoms with Crippen molar-refractivity contribution in [2.45, 2.75) is 45.2 Å². The standard InChI is InChI=1S/C26H28BrClN2O3S/c1-17-13-18(2)26(19(3)14-17)34(32,33)30(15-21-5-11-24(28)12-6-21)16-25(31)29-20(4)22-7-9-23(27)10-8-22/h5-14,20H,15-16H2,1-4H3,(H,29,31)/t20-/m0/s1. The molecule has 1 N–H and O–H groups in total. The van der Waals surface area contributed by atoms with Crippen LogP contribution in [-0.2, 0) is 21.4 Å². The minimum absolute atomic E-state index is 0.0480. The Morgan fingerprint density at radius 1 is 1.00 bits per heavy atom. The maximum atomic E-state index is 13.8. The van der Waals surface area contributed by atoms with Gasteiger partial charge in [0.2, 0.25) is 15.9 Å². The summed E-state index contributed by atoms with van der Waals surface area (Å²) in [6.07, 6.45) is 0. The number of hydrogen-bond donors (Lipinski definition) is 1. The van der Waals surface area contributed by atoms with Gasteiger partial charge in [0.15, 0.2) is 0 Å². The Bertz CT molecular complexity index is 1250. The van der Waals surface area contributed by atoms with Gasteiger partial charge in [0.1, 0.15) is 0 Å². The van der Waals surface area contributed by atoms with Crippen molar-refractivity contribution < 1.29 is 13.2 Å². The van der Waals surface area contributed by atoms with E-state index in [0.717, 1.165) is 21.2 Å². The van der Waals surface area contributed by atoms with Crippen LogP contribution in [0.2, 0.25) is 5.02 Å². The third kappa shape index (κ3) is 6.48. The lowest BCUT2D eigenvalue weighted by Gasteiger charge is -2.25. The number of aryl methyl sites for hydroxylation is 3. The molecule has 0 saturated heterocycles. The van der Waals surface area contributed by atoms with Gasteiger partial charge in [-0.05, 0) is 74.2 Å². The molecule has 0 unspecified atom stereocenters. The van der Waals surface area contributed by atoms with E-state index < -0.39 is 10.0 Å². The van der Waals surface area contributed by atoms with E-state index in [9.17, 15) is 13.2 Å². The Balaban J connectivity index is 1.91. The second kappa shape index (κ2) is 11.0. The average Bonchev–Trinajstić information content (AvgIpc) is 2.74. The summed E-state index contributed by atoms with van der Waals surface area (Å²) in [7, 11) is -3.96. The monoisotopic (exact) mass is 562 g/mol. The van der Waals surface area contributed by atoms with Crippen molar-refractivity contribution in [2.75, 3.05) is 6.54 Å². The van der Waals surface area contributed by atoms with Crippen molar-refractivity contribution >= 4 is 43.5 Å². The van der Waals surface area contributed by atoms with Gasteiger partial charge in [-0.25, -0.2) is 8.42 Å². The first-order chi connectivity index (χ1) is 16.0. The summed E-state index contributed by atoms with van der Waals surface area (Å²) in [5.41, 5.74) is 3.96. The van der Waals surface area contributed by atoms with E-state index in [4.69, 9.17) is 11.6 Å². The fourth-order valence-electron chi connectivity index (χ4n) is 4.00. The van der Waals surface area contributed by atoms with Gasteiger partial charge in [-0.2, -0.15) is 4.31 Å². The van der Waals surface area contributed by atoms with Crippen molar-refractivity contribution in [3.05, 3.63) is 98.0 Å². The van der Waals surface area contributed by atoms with Crippen LogP contribution in [0.5, 0.6) is 0 Å². The molecule has 8 heteroatoms. The highest BCUT2D eigenvalue weighted by Crippen LogP contribution is 2.27. The van der Waals surface area contributed by atoms with Crippen LogP contribution in [0.3, 0.4) is 0 Å². The van der Waals surface area contributed by atoms with Crippen molar-refractivity contribution in [3.63, 3.8) is 0 Å². The molecular weight excluding hydrogens is 536 g/mol. The third-order valence-electron chi connectivity index (χ3n) is 5.54. The zero-order valence-electron chi connectivity index (χ0n) is 19.6. The molecule has 0 aliphatic heterocycles. The van der Waals surface area contributed by atoms with Gasteiger partial charge in [-0.3, -0.25) is 4.79 Å². The zero-order chi connectivity index (χ0) is 25.0. The SMILES string of the molecule is Cc1cc(C)c(S(=O)(=O)N(CC(=O)N[C@@H](C)c2ccc(Br)cc2)Cc2ccc(Cl)cc2)c(C)c1. The maximum absolute atomic E-state index is 13.8. The fourth-order valence-corrected chi connectivity index (χ4v) is 6.19. The highest BCUT2D eigenvalue weighted by atomic mass is 79.9. The molecule has 3 aromatic carbocycles. The maximum Gasteiger partial charge on any atom is 0.244 e. The Morgan fingerprint density at radius 2 is 1.56 bits per heavy atom. The quantitative estimate of drug-likeness (QED) is 0.360. The second-order valence-corrected chi connectivity index (χ2v) is 11.7. The first-order valence-electron chi connectivity index (χ1n) is 10.8. The van der Waals surface area contributed by atoms with Gasteiger partial charge in [0.25, 0.3) is 0 Å². The van der Waals surface area contributed by atoms with Gasteiger partial charge < -0.3 is 5.32 Å². The lowest BCUT2D eigenvalue weighted by Crippen LogP contribution is -2.41. The van der Waals surface area contributed by atoms with Gasteiger partial charge in [-0.15, -0.1) is 0 Å². The smallest absolute Gasteiger partial charge is 0.244 e. The summed E-state index contributed by atoms with van der Waals surface area (Å²) in [4.78, 5) is 13.2. The van der Waals surface area contributed by atoms with Crippen molar-refractivity contribution in [2.24, 2.45) is 0 Å². The van der Waals surface area contributed by atoms with Crippen LogP contribution in [0.15, 0.2) is 70.0 Å². The van der Waals surface area contributed by atoms with Crippen molar-refractivity contribution in [3.8, 4) is 0 Å². The number of benzene rings is 3. The van der Waals surface area contributed by atoms with Crippen LogP contribution in [0.25, 0.3) is 0 Å². The summed E-state index contributed by atoms with van der Waals surface area (Å²) in [5.74, 6) is -0.379. The Labute approximate surface area is 215 Å². The van der Waals surface area contributed by atoms with E-state index in [1.54, 1.807) is 38.1 Å². The Morgan fingerprint density at radius 3 is 2.12 bits per heavy atom. The summed E-state index contributed by atoms with van der Waals surface area (Å²) < 4.78 is 29.8. The van der Waals surface area contributed by atoms with Gasteiger partial charge in [0.05, 0.1) is 17.5 Å². The number of carbonyl (C=O) groups excluding carboxylic acids is 1. The minimum Gasteiger partial charge on any atom is -0.348 e. The summed E-state index contributed by atoms with van der Waals surface area (Å²) >= 11 is 9.41. The molecule has 1 amide bonds. The highest BCUT2D eigenvalue weighted by molar-refractivity contribution is 9.10. The molecule has 0 aliphatic carbocycles. The molecule has 0 saturated carbocycles. The molecule has 0 aliphatic rings. The summed E-state index contributed by atoms with van der Waals surface area (Å²) in [6.45, 7) is 7.10. The Kier molecular flexibility index (Phi) is 8.57. The van der Waals surface area contributed by atoms with E-state index in [-0.39, 0.29) is 29.9 Å². The molecule has 0 spiro atoms. The number of nitrogens with zero attached hydrogens (tertiary/aromatic N) is 1. The largest absolute Gasteiger partial charge is 0.348 e. The van der Waals surface area contributed by atoms with Crippen LogP contribution in [0.4, 0.5) is 0 Å². The van der Waals surface area contributed by atoms with Crippen LogP contribution in [0.1, 0.15) is 40.8 Å².